The van der Waals surface area contributed by atoms with Gasteiger partial charge in [-0.2, -0.15) is 0 Å². The molecule has 2 amide bonds. The third-order valence-corrected chi connectivity index (χ3v) is 5.35. The van der Waals surface area contributed by atoms with Crippen molar-refractivity contribution >= 4 is 56.4 Å². The first-order valence-electron chi connectivity index (χ1n) is 7.27. The Bertz CT molecular complexity index is 855. The summed E-state index contributed by atoms with van der Waals surface area (Å²) < 4.78 is 1.41. The fourth-order valence-electron chi connectivity index (χ4n) is 2.37. The van der Waals surface area contributed by atoms with E-state index >= 15 is 0 Å². The number of hydrogen-bond acceptors (Lipinski definition) is 5. The van der Waals surface area contributed by atoms with Crippen LogP contribution in [0.2, 0.25) is 4.34 Å². The highest BCUT2D eigenvalue weighted by Crippen LogP contribution is 2.27. The lowest BCUT2D eigenvalue weighted by Gasteiger charge is -2.18. The third kappa shape index (κ3) is 4.20. The molecule has 1 aromatic heterocycles. The highest BCUT2D eigenvalue weighted by Gasteiger charge is 2.32. The first kappa shape index (κ1) is 17.9. The standard InChI is InChI=1S/C16H13BrClN3O3S/c17-9-3-1-2-8(6-9)14(15(19)22)20-16(23)11-7-10(21-24-11)12-4-5-13(18)25-12/h1-6,11,14H,7H2,(H2,19,22)(H,20,23)/t11-,14-/m0/s1. The highest BCUT2D eigenvalue weighted by atomic mass is 79.9. The fraction of sp³-hybridized carbons (Fsp3) is 0.188. The molecule has 6 nitrogen and oxygen atoms in total. The van der Waals surface area contributed by atoms with Crippen molar-refractivity contribution < 1.29 is 14.4 Å². The van der Waals surface area contributed by atoms with Crippen LogP contribution in [0.25, 0.3) is 0 Å². The van der Waals surface area contributed by atoms with Gasteiger partial charge in [0.25, 0.3) is 5.91 Å². The second-order valence-electron chi connectivity index (χ2n) is 5.34. The number of thiophene rings is 1. The summed E-state index contributed by atoms with van der Waals surface area (Å²) in [5, 5.41) is 6.57. The van der Waals surface area contributed by atoms with Crippen LogP contribution < -0.4 is 11.1 Å². The van der Waals surface area contributed by atoms with Gasteiger partial charge in [-0.15, -0.1) is 11.3 Å². The number of hydrogen-bond donors (Lipinski definition) is 2. The number of nitrogens with two attached hydrogens (primary N) is 1. The number of carbonyl (C=O) groups excluding carboxylic acids is 2. The van der Waals surface area contributed by atoms with E-state index in [9.17, 15) is 9.59 Å². The van der Waals surface area contributed by atoms with Crippen LogP contribution in [-0.2, 0) is 14.4 Å². The van der Waals surface area contributed by atoms with Crippen LogP contribution in [0.3, 0.4) is 0 Å². The van der Waals surface area contributed by atoms with Gasteiger partial charge in [-0.05, 0) is 29.8 Å². The molecule has 2 heterocycles. The monoisotopic (exact) mass is 441 g/mol. The van der Waals surface area contributed by atoms with Gasteiger partial charge >= 0.3 is 0 Å². The van der Waals surface area contributed by atoms with Crippen LogP contribution in [0.1, 0.15) is 22.9 Å². The molecule has 2 aromatic rings. The van der Waals surface area contributed by atoms with Crippen molar-refractivity contribution in [1.29, 1.82) is 0 Å². The molecular weight excluding hydrogens is 430 g/mol. The van der Waals surface area contributed by atoms with Crippen LogP contribution >= 0.6 is 38.9 Å². The van der Waals surface area contributed by atoms with Crippen LogP contribution in [0.5, 0.6) is 0 Å². The number of benzene rings is 1. The molecule has 0 spiro atoms. The summed E-state index contributed by atoms with van der Waals surface area (Å²) in [6.07, 6.45) is -0.517. The number of nitrogens with one attached hydrogen (secondary N) is 1. The molecule has 1 aliphatic rings. The Morgan fingerprint density at radius 3 is 2.84 bits per heavy atom. The number of primary amides is 1. The van der Waals surface area contributed by atoms with Gasteiger partial charge in [-0.3, -0.25) is 9.59 Å². The summed E-state index contributed by atoms with van der Waals surface area (Å²) in [6.45, 7) is 0. The van der Waals surface area contributed by atoms with Crippen molar-refractivity contribution in [3.05, 3.63) is 55.6 Å². The van der Waals surface area contributed by atoms with E-state index < -0.39 is 24.0 Å². The number of halogens is 2. The summed E-state index contributed by atoms with van der Waals surface area (Å²) in [4.78, 5) is 30.3. The van der Waals surface area contributed by atoms with Crippen molar-refractivity contribution in [2.24, 2.45) is 10.9 Å². The molecule has 9 heteroatoms. The van der Waals surface area contributed by atoms with E-state index in [0.717, 1.165) is 9.35 Å². The first-order valence-corrected chi connectivity index (χ1v) is 9.26. The smallest absolute Gasteiger partial charge is 0.265 e. The fourth-order valence-corrected chi connectivity index (χ4v) is 3.82. The van der Waals surface area contributed by atoms with Crippen LogP contribution in [0, 0.1) is 0 Å². The molecule has 0 bridgehead atoms. The van der Waals surface area contributed by atoms with E-state index in [1.165, 1.54) is 11.3 Å². The van der Waals surface area contributed by atoms with Crippen molar-refractivity contribution in [3.63, 3.8) is 0 Å². The molecule has 0 radical (unpaired) electrons. The zero-order valence-corrected chi connectivity index (χ0v) is 15.9. The van der Waals surface area contributed by atoms with Crippen LogP contribution in [-0.4, -0.2) is 23.6 Å². The van der Waals surface area contributed by atoms with E-state index in [-0.39, 0.29) is 0 Å². The lowest BCUT2D eigenvalue weighted by Crippen LogP contribution is -2.42. The van der Waals surface area contributed by atoms with Gasteiger partial charge in [0.1, 0.15) is 11.8 Å². The zero-order valence-electron chi connectivity index (χ0n) is 12.7. The predicted octanol–water partition coefficient (Wildman–Crippen LogP) is 3.00. The Hall–Kier alpha value is -1.90. The number of oxime groups is 1. The summed E-state index contributed by atoms with van der Waals surface area (Å²) >= 11 is 10.6. The van der Waals surface area contributed by atoms with Gasteiger partial charge in [0, 0.05) is 10.9 Å². The largest absolute Gasteiger partial charge is 0.382 e. The average Bonchev–Trinajstić information content (AvgIpc) is 3.20. The summed E-state index contributed by atoms with van der Waals surface area (Å²) in [7, 11) is 0. The molecule has 0 saturated heterocycles. The van der Waals surface area contributed by atoms with Crippen LogP contribution in [0.4, 0.5) is 0 Å². The van der Waals surface area contributed by atoms with Gasteiger partial charge in [0.05, 0.1) is 9.21 Å². The van der Waals surface area contributed by atoms with Gasteiger partial charge in [0.15, 0.2) is 0 Å². The molecule has 0 aliphatic carbocycles. The van der Waals surface area contributed by atoms with Crippen molar-refractivity contribution in [1.82, 2.24) is 5.32 Å². The number of rotatable bonds is 5. The van der Waals surface area contributed by atoms with E-state index in [1.54, 1.807) is 24.3 Å². The predicted molar refractivity (Wildman–Crippen MR) is 99.6 cm³/mol. The molecule has 0 fully saturated rings. The van der Waals surface area contributed by atoms with Gasteiger partial charge in [-0.25, -0.2) is 0 Å². The van der Waals surface area contributed by atoms with E-state index in [0.29, 0.717) is 22.0 Å². The minimum absolute atomic E-state index is 0.298. The quantitative estimate of drug-likeness (QED) is 0.745. The Morgan fingerprint density at radius 1 is 1.40 bits per heavy atom. The van der Waals surface area contributed by atoms with E-state index in [1.807, 2.05) is 12.1 Å². The van der Waals surface area contributed by atoms with Crippen molar-refractivity contribution in [3.8, 4) is 0 Å². The maximum Gasteiger partial charge on any atom is 0.265 e. The Morgan fingerprint density at radius 2 is 2.20 bits per heavy atom. The zero-order chi connectivity index (χ0) is 18.0. The summed E-state index contributed by atoms with van der Waals surface area (Å²) in [5.41, 5.74) is 6.67. The van der Waals surface area contributed by atoms with Gasteiger partial charge < -0.3 is 15.9 Å². The second-order valence-corrected chi connectivity index (χ2v) is 7.97. The first-order chi connectivity index (χ1) is 11.9. The Balaban J connectivity index is 1.68. The third-order valence-electron chi connectivity index (χ3n) is 3.57. The minimum atomic E-state index is -0.950. The maximum absolute atomic E-state index is 12.4. The number of nitrogens with zero attached hydrogens (tertiary/aromatic N) is 1. The highest BCUT2D eigenvalue weighted by molar-refractivity contribution is 9.10. The Labute approximate surface area is 161 Å². The van der Waals surface area contributed by atoms with Gasteiger partial charge in [-0.1, -0.05) is 44.8 Å². The number of amides is 2. The van der Waals surface area contributed by atoms with E-state index in [4.69, 9.17) is 22.2 Å². The molecular formula is C16H13BrClN3O3S. The number of carbonyl (C=O) groups is 2. The molecule has 1 aromatic carbocycles. The molecule has 130 valence electrons. The topological polar surface area (TPSA) is 93.8 Å². The lowest BCUT2D eigenvalue weighted by atomic mass is 10.1. The SMILES string of the molecule is NC(=O)[C@@H](NC(=O)[C@@H]1CC(c2ccc(Cl)s2)=NO1)c1cccc(Br)c1. The summed E-state index contributed by atoms with van der Waals surface area (Å²) in [6, 6.07) is 9.64. The molecule has 2 atom stereocenters. The molecule has 1 aliphatic heterocycles. The molecule has 3 N–H and O–H groups in total. The van der Waals surface area contributed by atoms with Crippen LogP contribution in [0.15, 0.2) is 46.0 Å². The minimum Gasteiger partial charge on any atom is -0.382 e. The van der Waals surface area contributed by atoms with Crippen molar-refractivity contribution in [2.45, 2.75) is 18.6 Å². The molecule has 0 saturated carbocycles. The summed E-state index contributed by atoms with van der Waals surface area (Å²) in [5.74, 6) is -1.11. The lowest BCUT2D eigenvalue weighted by molar-refractivity contribution is -0.134. The molecule has 3 rings (SSSR count). The average molecular weight is 443 g/mol. The maximum atomic E-state index is 12.4. The second kappa shape index (κ2) is 7.55. The Kier molecular flexibility index (Phi) is 5.41. The molecule has 0 unspecified atom stereocenters. The molecule has 25 heavy (non-hydrogen) atoms. The van der Waals surface area contributed by atoms with Crippen molar-refractivity contribution in [2.75, 3.05) is 0 Å². The normalized spacial score (nSPS) is 17.5. The van der Waals surface area contributed by atoms with Gasteiger partial charge in [0.2, 0.25) is 12.0 Å². The van der Waals surface area contributed by atoms with E-state index in [2.05, 4.69) is 26.4 Å².